The smallest absolute Gasteiger partial charge is 0.339 e. The molecule has 0 aliphatic rings. The van der Waals surface area contributed by atoms with Gasteiger partial charge in [-0.15, -0.1) is 0 Å². The van der Waals surface area contributed by atoms with E-state index in [0.29, 0.717) is 6.42 Å². The molecular formula is C19H38N4O7P2. The Morgan fingerprint density at radius 3 is 2.22 bits per heavy atom. The van der Waals surface area contributed by atoms with Crippen molar-refractivity contribution in [2.75, 3.05) is 19.3 Å². The van der Waals surface area contributed by atoms with E-state index >= 15 is 0 Å². The summed E-state index contributed by atoms with van der Waals surface area (Å²) >= 11 is 0. The number of aliphatic carboxylic acids is 1. The van der Waals surface area contributed by atoms with E-state index < -0.39 is 38.9 Å². The summed E-state index contributed by atoms with van der Waals surface area (Å²) < 4.78 is 24.7. The zero-order valence-electron chi connectivity index (χ0n) is 19.0. The van der Waals surface area contributed by atoms with Gasteiger partial charge in [0.15, 0.2) is 5.96 Å². The van der Waals surface area contributed by atoms with Crippen LogP contribution in [0.1, 0.15) is 52.9 Å². The lowest BCUT2D eigenvalue weighted by Crippen LogP contribution is -2.41. The summed E-state index contributed by atoms with van der Waals surface area (Å²) in [5.41, 5.74) is 12.6. The highest BCUT2D eigenvalue weighted by Crippen LogP contribution is 2.62. The Hall–Kier alpha value is -1.48. The van der Waals surface area contributed by atoms with E-state index in [4.69, 9.17) is 11.5 Å². The molecule has 0 saturated heterocycles. The standard InChI is InChI=1S/C19H38N4O7P2/c1-14(2)7-4-8-15(3)9-6-12-31(26,27)17(32(28,29)30)13-23-16(18(24)25)10-5-11-22-19(20)21/h7,9,16-17,23H,4-6,8,10-13H2,1-3H3,(H,24,25)(H,26,27)(H4,20,21,22)(H2,28,29,30)/b15-9+/t16-,17?/m0/s1. The number of allylic oxidation sites excluding steroid dienone is 4. The molecule has 0 aromatic rings. The topological polar surface area (TPSA) is 209 Å². The van der Waals surface area contributed by atoms with Crippen LogP contribution in [0.15, 0.2) is 28.3 Å². The molecule has 0 aromatic carbocycles. The Morgan fingerprint density at radius 2 is 1.72 bits per heavy atom. The fourth-order valence-corrected chi connectivity index (χ4v) is 6.65. The van der Waals surface area contributed by atoms with Crippen LogP contribution in [0, 0.1) is 0 Å². The van der Waals surface area contributed by atoms with Gasteiger partial charge >= 0.3 is 13.6 Å². The van der Waals surface area contributed by atoms with Crippen molar-refractivity contribution in [1.29, 1.82) is 0 Å². The number of carboxylic acid groups (broad SMARTS) is 1. The molecule has 11 nitrogen and oxygen atoms in total. The number of nitrogens with zero attached hydrogens (tertiary/aromatic N) is 1. The second kappa shape index (κ2) is 14.6. The van der Waals surface area contributed by atoms with Gasteiger partial charge in [0.05, 0.1) is 0 Å². The minimum Gasteiger partial charge on any atom is -0.480 e. The normalized spacial score (nSPS) is 16.0. The highest BCUT2D eigenvalue weighted by molar-refractivity contribution is 7.74. The van der Waals surface area contributed by atoms with Gasteiger partial charge in [0.2, 0.25) is 7.37 Å². The number of carbonyl (C=O) groups is 1. The number of hydrogen-bond donors (Lipinski definition) is 7. The number of hydrogen-bond acceptors (Lipinski definition) is 5. The lowest BCUT2D eigenvalue weighted by Gasteiger charge is -2.25. The maximum atomic E-state index is 12.8. The van der Waals surface area contributed by atoms with E-state index in [0.717, 1.165) is 18.4 Å². The third-order valence-electron chi connectivity index (χ3n) is 4.68. The first kappa shape index (κ1) is 30.5. The second-order valence-electron chi connectivity index (χ2n) is 7.96. The van der Waals surface area contributed by atoms with Crippen LogP contribution in [0.3, 0.4) is 0 Å². The lowest BCUT2D eigenvalue weighted by atomic mass is 10.1. The van der Waals surface area contributed by atoms with E-state index in [2.05, 4.69) is 16.4 Å². The Bertz CT molecular complexity index is 785. The van der Waals surface area contributed by atoms with Crippen LogP contribution in [0.2, 0.25) is 0 Å². The van der Waals surface area contributed by atoms with Crippen molar-refractivity contribution in [2.45, 2.75) is 64.3 Å². The monoisotopic (exact) mass is 496 g/mol. The first-order valence-electron chi connectivity index (χ1n) is 10.3. The number of rotatable bonds is 16. The van der Waals surface area contributed by atoms with Gasteiger partial charge in [0.25, 0.3) is 0 Å². The molecule has 0 saturated carbocycles. The number of aliphatic imine (C=N–C) groups is 1. The lowest BCUT2D eigenvalue weighted by molar-refractivity contribution is -0.139. The molecule has 0 spiro atoms. The van der Waals surface area contributed by atoms with Gasteiger partial charge < -0.3 is 36.6 Å². The molecule has 186 valence electrons. The zero-order valence-corrected chi connectivity index (χ0v) is 20.8. The van der Waals surface area contributed by atoms with Crippen LogP contribution in [0.4, 0.5) is 0 Å². The number of nitrogens with one attached hydrogen (secondary N) is 1. The number of guanidine groups is 1. The third kappa shape index (κ3) is 13.8. The van der Waals surface area contributed by atoms with Gasteiger partial charge in [0.1, 0.15) is 11.4 Å². The summed E-state index contributed by atoms with van der Waals surface area (Å²) in [6.07, 6.45) is 5.74. The Morgan fingerprint density at radius 1 is 1.09 bits per heavy atom. The molecule has 0 rings (SSSR count). The molecule has 0 radical (unpaired) electrons. The molecule has 0 aromatic heterocycles. The molecule has 0 fully saturated rings. The number of carboxylic acids is 1. The summed E-state index contributed by atoms with van der Waals surface area (Å²) in [6, 6.07) is -1.17. The van der Waals surface area contributed by atoms with Crippen molar-refractivity contribution in [3.63, 3.8) is 0 Å². The molecule has 0 amide bonds. The molecule has 9 N–H and O–H groups in total. The molecule has 3 atom stereocenters. The minimum absolute atomic E-state index is 0.0728. The largest absolute Gasteiger partial charge is 0.480 e. The molecule has 0 aliphatic heterocycles. The van der Waals surface area contributed by atoms with Gasteiger partial charge in [-0.05, 0) is 52.9 Å². The van der Waals surface area contributed by atoms with Crippen molar-refractivity contribution in [2.24, 2.45) is 16.5 Å². The predicted molar refractivity (Wildman–Crippen MR) is 127 cm³/mol. The van der Waals surface area contributed by atoms with Crippen LogP contribution in [0.25, 0.3) is 0 Å². The summed E-state index contributed by atoms with van der Waals surface area (Å²) in [7, 11) is -9.26. The van der Waals surface area contributed by atoms with Gasteiger partial charge in [-0.2, -0.15) is 0 Å². The average Bonchev–Trinajstić information content (AvgIpc) is 2.61. The quantitative estimate of drug-likeness (QED) is 0.0543. The summed E-state index contributed by atoms with van der Waals surface area (Å²) in [6.45, 7) is 5.46. The molecule has 2 unspecified atom stereocenters. The summed E-state index contributed by atoms with van der Waals surface area (Å²) in [4.78, 5) is 44.8. The molecular weight excluding hydrogens is 458 g/mol. The first-order valence-corrected chi connectivity index (χ1v) is 13.9. The Kier molecular flexibility index (Phi) is 13.9. The maximum Gasteiger partial charge on any atom is 0.339 e. The SMILES string of the molecule is CC(C)=CCC/C(C)=C/CCP(=O)(O)C(CN[C@@H](CCCN=C(N)N)C(=O)O)P(=O)(O)O. The van der Waals surface area contributed by atoms with E-state index in [-0.39, 0.29) is 31.5 Å². The fourth-order valence-electron chi connectivity index (χ4n) is 2.90. The zero-order chi connectivity index (χ0) is 24.9. The van der Waals surface area contributed by atoms with Crippen molar-refractivity contribution in [3.8, 4) is 0 Å². The van der Waals surface area contributed by atoms with E-state index in [1.807, 2.05) is 20.8 Å². The Balaban J connectivity index is 5.05. The highest BCUT2D eigenvalue weighted by atomic mass is 31.2. The highest BCUT2D eigenvalue weighted by Gasteiger charge is 2.43. The fraction of sp³-hybridized carbons (Fsp3) is 0.684. The Labute approximate surface area is 189 Å². The van der Waals surface area contributed by atoms with Crippen LogP contribution < -0.4 is 16.8 Å². The molecule has 13 heteroatoms. The van der Waals surface area contributed by atoms with E-state index in [1.54, 1.807) is 6.08 Å². The first-order chi connectivity index (χ1) is 14.7. The second-order valence-corrected chi connectivity index (χ2v) is 12.7. The third-order valence-corrected chi connectivity index (χ3v) is 9.63. The van der Waals surface area contributed by atoms with Crippen LogP contribution in [-0.2, 0) is 13.9 Å². The van der Waals surface area contributed by atoms with Gasteiger partial charge in [-0.3, -0.25) is 18.9 Å². The van der Waals surface area contributed by atoms with Gasteiger partial charge in [-0.25, -0.2) is 0 Å². The predicted octanol–water partition coefficient (Wildman–Crippen LogP) is 1.94. The van der Waals surface area contributed by atoms with Crippen LogP contribution in [0.5, 0.6) is 0 Å². The average molecular weight is 496 g/mol. The van der Waals surface area contributed by atoms with Crippen molar-refractivity contribution < 1.29 is 33.7 Å². The van der Waals surface area contributed by atoms with E-state index in [1.165, 1.54) is 5.57 Å². The summed E-state index contributed by atoms with van der Waals surface area (Å²) in [5, 5.41) is 9.93. The molecule has 0 heterocycles. The van der Waals surface area contributed by atoms with Gasteiger partial charge in [0, 0.05) is 19.3 Å². The van der Waals surface area contributed by atoms with Crippen molar-refractivity contribution >= 4 is 26.9 Å². The molecule has 0 aliphatic carbocycles. The summed E-state index contributed by atoms with van der Waals surface area (Å²) in [5.74, 6) is -1.38. The molecule has 0 bridgehead atoms. The molecule has 32 heavy (non-hydrogen) atoms. The van der Waals surface area contributed by atoms with Crippen molar-refractivity contribution in [1.82, 2.24) is 5.32 Å². The van der Waals surface area contributed by atoms with Crippen LogP contribution in [-0.4, -0.2) is 62.4 Å². The van der Waals surface area contributed by atoms with Crippen molar-refractivity contribution in [3.05, 3.63) is 23.3 Å². The van der Waals surface area contributed by atoms with E-state index in [9.17, 15) is 33.7 Å². The van der Waals surface area contributed by atoms with Gasteiger partial charge in [-0.1, -0.05) is 23.3 Å². The maximum absolute atomic E-state index is 12.8. The number of nitrogens with two attached hydrogens (primary N) is 2. The van der Waals surface area contributed by atoms with Crippen LogP contribution >= 0.6 is 15.0 Å². The minimum atomic E-state index is -4.97.